The predicted octanol–water partition coefficient (Wildman–Crippen LogP) is 1.36. The van der Waals surface area contributed by atoms with Gasteiger partial charge in [0.2, 0.25) is 0 Å². The standard InChI is InChI=1S/C10H19NO/c1-4-11-5-9(2)7-12-8-10(9,3)6-11/h4-8H2,1-3H3/t9-,10+. The van der Waals surface area contributed by atoms with Crippen molar-refractivity contribution in [2.45, 2.75) is 20.8 Å². The van der Waals surface area contributed by atoms with Crippen LogP contribution in [0.4, 0.5) is 0 Å². The highest BCUT2D eigenvalue weighted by molar-refractivity contribution is 5.05. The normalized spacial score (nSPS) is 48.2. The van der Waals surface area contributed by atoms with Gasteiger partial charge in [-0.15, -0.1) is 0 Å². The van der Waals surface area contributed by atoms with Crippen molar-refractivity contribution in [3.8, 4) is 0 Å². The molecule has 0 bridgehead atoms. The number of likely N-dealkylation sites (tertiary alicyclic amines) is 1. The van der Waals surface area contributed by atoms with E-state index in [0.29, 0.717) is 10.8 Å². The number of hydrogen-bond acceptors (Lipinski definition) is 2. The molecule has 2 heteroatoms. The van der Waals surface area contributed by atoms with Crippen LogP contribution in [0.2, 0.25) is 0 Å². The first-order chi connectivity index (χ1) is 5.60. The molecule has 0 saturated carbocycles. The molecular weight excluding hydrogens is 150 g/mol. The van der Waals surface area contributed by atoms with Gasteiger partial charge in [-0.25, -0.2) is 0 Å². The maximum Gasteiger partial charge on any atom is 0.0538 e. The summed E-state index contributed by atoms with van der Waals surface area (Å²) in [6.07, 6.45) is 0. The Morgan fingerprint density at radius 3 is 2.08 bits per heavy atom. The lowest BCUT2D eigenvalue weighted by Gasteiger charge is -2.29. The Hall–Kier alpha value is -0.0800. The smallest absolute Gasteiger partial charge is 0.0538 e. The fourth-order valence-electron chi connectivity index (χ4n) is 2.59. The molecule has 0 aromatic carbocycles. The van der Waals surface area contributed by atoms with Crippen LogP contribution in [0.15, 0.2) is 0 Å². The largest absolute Gasteiger partial charge is 0.380 e. The molecule has 2 atom stereocenters. The molecule has 0 aromatic rings. The van der Waals surface area contributed by atoms with Gasteiger partial charge in [0, 0.05) is 23.9 Å². The van der Waals surface area contributed by atoms with E-state index in [0.717, 1.165) is 13.2 Å². The summed E-state index contributed by atoms with van der Waals surface area (Å²) in [7, 11) is 0. The predicted molar refractivity (Wildman–Crippen MR) is 49.1 cm³/mol. The second-order valence-corrected chi connectivity index (χ2v) is 4.92. The molecule has 0 N–H and O–H groups in total. The molecule has 0 radical (unpaired) electrons. The zero-order chi connectivity index (χ0) is 8.82. The summed E-state index contributed by atoms with van der Waals surface area (Å²) in [5, 5.41) is 0. The minimum absolute atomic E-state index is 0.420. The zero-order valence-corrected chi connectivity index (χ0v) is 8.39. The van der Waals surface area contributed by atoms with Gasteiger partial charge in [0.25, 0.3) is 0 Å². The number of fused-ring (bicyclic) bond motifs is 1. The lowest BCUT2D eigenvalue weighted by atomic mass is 9.71. The summed E-state index contributed by atoms with van der Waals surface area (Å²) in [6, 6.07) is 0. The third-order valence-corrected chi connectivity index (χ3v) is 3.89. The zero-order valence-electron chi connectivity index (χ0n) is 8.39. The SMILES string of the molecule is CCN1C[C@]2(C)COC[C@]2(C)C1. The number of rotatable bonds is 1. The summed E-state index contributed by atoms with van der Waals surface area (Å²) < 4.78 is 5.58. The fourth-order valence-corrected chi connectivity index (χ4v) is 2.59. The van der Waals surface area contributed by atoms with Crippen molar-refractivity contribution in [1.82, 2.24) is 4.90 Å². The van der Waals surface area contributed by atoms with Gasteiger partial charge in [-0.2, -0.15) is 0 Å². The number of nitrogens with zero attached hydrogens (tertiary/aromatic N) is 1. The van der Waals surface area contributed by atoms with E-state index >= 15 is 0 Å². The van der Waals surface area contributed by atoms with Crippen molar-refractivity contribution in [3.63, 3.8) is 0 Å². The van der Waals surface area contributed by atoms with Crippen LogP contribution in [0, 0.1) is 10.8 Å². The summed E-state index contributed by atoms with van der Waals surface area (Å²) in [5.74, 6) is 0. The monoisotopic (exact) mass is 169 g/mol. The van der Waals surface area contributed by atoms with Gasteiger partial charge >= 0.3 is 0 Å². The molecule has 70 valence electrons. The molecule has 0 spiro atoms. The van der Waals surface area contributed by atoms with Crippen LogP contribution in [0.25, 0.3) is 0 Å². The van der Waals surface area contributed by atoms with Crippen molar-refractivity contribution in [2.75, 3.05) is 32.8 Å². The quantitative estimate of drug-likeness (QED) is 0.588. The molecule has 2 saturated heterocycles. The van der Waals surface area contributed by atoms with E-state index in [2.05, 4.69) is 25.7 Å². The molecular formula is C10H19NO. The van der Waals surface area contributed by atoms with Crippen molar-refractivity contribution in [2.24, 2.45) is 10.8 Å². The summed E-state index contributed by atoms with van der Waals surface area (Å²) >= 11 is 0. The summed E-state index contributed by atoms with van der Waals surface area (Å²) in [4.78, 5) is 2.54. The van der Waals surface area contributed by atoms with E-state index in [1.807, 2.05) is 0 Å². The molecule has 2 aliphatic heterocycles. The van der Waals surface area contributed by atoms with E-state index in [-0.39, 0.29) is 0 Å². The second-order valence-electron chi connectivity index (χ2n) is 4.92. The van der Waals surface area contributed by atoms with Crippen molar-refractivity contribution in [1.29, 1.82) is 0 Å². The Labute approximate surface area is 74.9 Å². The second kappa shape index (κ2) is 2.46. The van der Waals surface area contributed by atoms with Gasteiger partial charge < -0.3 is 9.64 Å². The van der Waals surface area contributed by atoms with E-state index in [1.54, 1.807) is 0 Å². The third kappa shape index (κ3) is 0.944. The van der Waals surface area contributed by atoms with Gasteiger partial charge in [-0.1, -0.05) is 20.8 Å². The Kier molecular flexibility index (Phi) is 1.74. The van der Waals surface area contributed by atoms with E-state index < -0.39 is 0 Å². The first-order valence-electron chi connectivity index (χ1n) is 4.90. The van der Waals surface area contributed by atoms with Crippen molar-refractivity contribution < 1.29 is 4.74 Å². The molecule has 2 nitrogen and oxygen atoms in total. The molecule has 0 unspecified atom stereocenters. The molecule has 2 rings (SSSR count). The van der Waals surface area contributed by atoms with Gasteiger partial charge in [-0.05, 0) is 6.54 Å². The first kappa shape index (κ1) is 8.52. The van der Waals surface area contributed by atoms with Crippen LogP contribution in [-0.2, 0) is 4.74 Å². The Morgan fingerprint density at radius 2 is 1.67 bits per heavy atom. The van der Waals surface area contributed by atoms with Crippen molar-refractivity contribution >= 4 is 0 Å². The fraction of sp³-hybridized carbons (Fsp3) is 1.00. The lowest BCUT2D eigenvalue weighted by molar-refractivity contribution is 0.132. The van der Waals surface area contributed by atoms with Crippen LogP contribution in [0.3, 0.4) is 0 Å². The topological polar surface area (TPSA) is 12.5 Å². The summed E-state index contributed by atoms with van der Waals surface area (Å²) in [5.41, 5.74) is 0.839. The average molecular weight is 169 g/mol. The van der Waals surface area contributed by atoms with Gasteiger partial charge in [0.05, 0.1) is 13.2 Å². The number of hydrogen-bond donors (Lipinski definition) is 0. The molecule has 12 heavy (non-hydrogen) atoms. The highest BCUT2D eigenvalue weighted by Crippen LogP contribution is 2.50. The van der Waals surface area contributed by atoms with Crippen molar-refractivity contribution in [3.05, 3.63) is 0 Å². The molecule has 0 aliphatic carbocycles. The Bertz CT molecular complexity index is 176. The van der Waals surface area contributed by atoms with Crippen LogP contribution in [0.5, 0.6) is 0 Å². The van der Waals surface area contributed by atoms with E-state index in [4.69, 9.17) is 4.74 Å². The third-order valence-electron chi connectivity index (χ3n) is 3.89. The van der Waals surface area contributed by atoms with Crippen LogP contribution in [0.1, 0.15) is 20.8 Å². The van der Waals surface area contributed by atoms with E-state index in [1.165, 1.54) is 19.6 Å². The Morgan fingerprint density at radius 1 is 1.17 bits per heavy atom. The van der Waals surface area contributed by atoms with Gasteiger partial charge in [0.1, 0.15) is 0 Å². The Balaban J connectivity index is 2.19. The molecule has 2 aliphatic rings. The minimum atomic E-state index is 0.420. The van der Waals surface area contributed by atoms with Crippen LogP contribution in [-0.4, -0.2) is 37.7 Å². The minimum Gasteiger partial charge on any atom is -0.380 e. The molecule has 2 fully saturated rings. The summed E-state index contributed by atoms with van der Waals surface area (Å²) in [6.45, 7) is 12.5. The highest BCUT2D eigenvalue weighted by atomic mass is 16.5. The lowest BCUT2D eigenvalue weighted by Crippen LogP contribution is -2.34. The van der Waals surface area contributed by atoms with E-state index in [9.17, 15) is 0 Å². The van der Waals surface area contributed by atoms with Gasteiger partial charge in [0.15, 0.2) is 0 Å². The molecule has 2 heterocycles. The first-order valence-corrected chi connectivity index (χ1v) is 4.90. The van der Waals surface area contributed by atoms with Gasteiger partial charge in [-0.3, -0.25) is 0 Å². The van der Waals surface area contributed by atoms with Crippen LogP contribution >= 0.6 is 0 Å². The highest BCUT2D eigenvalue weighted by Gasteiger charge is 2.55. The molecule has 0 aromatic heterocycles. The maximum absolute atomic E-state index is 5.58. The van der Waals surface area contributed by atoms with Crippen LogP contribution < -0.4 is 0 Å². The molecule has 0 amide bonds. The number of ether oxygens (including phenoxy) is 1. The maximum atomic E-state index is 5.58. The average Bonchev–Trinajstić information content (AvgIpc) is 2.38.